The quantitative estimate of drug-likeness (QED) is 0.708. The Bertz CT molecular complexity index is 871. The molecule has 0 aliphatic heterocycles. The number of ether oxygens (including phenoxy) is 1. The van der Waals surface area contributed by atoms with Crippen molar-refractivity contribution in [2.45, 2.75) is 13.2 Å². The molecular weight excluding hydrogens is 344 g/mol. The molecule has 0 bridgehead atoms. The Hall–Kier alpha value is -3.49. The number of alkyl halides is 2. The number of anilines is 1. The molecule has 2 heterocycles. The van der Waals surface area contributed by atoms with Gasteiger partial charge in [-0.15, -0.1) is 0 Å². The number of aromatic nitrogens is 3. The van der Waals surface area contributed by atoms with E-state index in [-0.39, 0.29) is 12.3 Å². The number of urea groups is 1. The van der Waals surface area contributed by atoms with Crippen LogP contribution in [-0.2, 0) is 6.54 Å². The van der Waals surface area contributed by atoms with E-state index in [1.54, 1.807) is 47.5 Å². The summed E-state index contributed by atoms with van der Waals surface area (Å²) in [6.07, 6.45) is 5.03. The van der Waals surface area contributed by atoms with Crippen LogP contribution in [0.3, 0.4) is 0 Å². The monoisotopic (exact) mass is 359 g/mol. The number of carbonyl (C=O) groups excluding carboxylic acids is 1. The van der Waals surface area contributed by atoms with Gasteiger partial charge in [0.1, 0.15) is 5.75 Å². The largest absolute Gasteiger partial charge is 0.435 e. The fraction of sp³-hybridized carbons (Fsp3) is 0.118. The Morgan fingerprint density at radius 1 is 1.19 bits per heavy atom. The number of hydrogen-bond acceptors (Lipinski definition) is 4. The lowest BCUT2D eigenvalue weighted by Gasteiger charge is -2.10. The van der Waals surface area contributed by atoms with Crippen LogP contribution in [0, 0.1) is 0 Å². The highest BCUT2D eigenvalue weighted by molar-refractivity contribution is 5.89. The van der Waals surface area contributed by atoms with Gasteiger partial charge in [-0.2, -0.15) is 13.9 Å². The summed E-state index contributed by atoms with van der Waals surface area (Å²) in [6, 6.07) is 10.6. The lowest BCUT2D eigenvalue weighted by Crippen LogP contribution is -2.28. The summed E-state index contributed by atoms with van der Waals surface area (Å²) in [5, 5.41) is 9.34. The number of nitrogens with one attached hydrogen (secondary N) is 2. The molecule has 0 aliphatic carbocycles. The zero-order valence-corrected chi connectivity index (χ0v) is 13.5. The standard InChI is InChI=1S/C17H15F2N5O2/c18-16(19)26-14-4-1-3-13(10-14)23-17(25)21-11-12-5-7-20-15(9-12)24-8-2-6-22-24/h1-10,16H,11H2,(H2,21,23,25). The van der Waals surface area contributed by atoms with Crippen molar-refractivity contribution >= 4 is 11.7 Å². The van der Waals surface area contributed by atoms with Gasteiger partial charge in [-0.25, -0.2) is 14.5 Å². The van der Waals surface area contributed by atoms with Crippen molar-refractivity contribution in [3.05, 3.63) is 66.6 Å². The van der Waals surface area contributed by atoms with Crippen LogP contribution in [0.5, 0.6) is 5.75 Å². The highest BCUT2D eigenvalue weighted by Crippen LogP contribution is 2.19. The lowest BCUT2D eigenvalue weighted by molar-refractivity contribution is -0.0497. The summed E-state index contributed by atoms with van der Waals surface area (Å²) in [4.78, 5) is 16.2. The van der Waals surface area contributed by atoms with Crippen molar-refractivity contribution < 1.29 is 18.3 Å². The van der Waals surface area contributed by atoms with Crippen LogP contribution >= 0.6 is 0 Å². The minimum absolute atomic E-state index is 0.0317. The number of nitrogens with zero attached hydrogens (tertiary/aromatic N) is 3. The molecule has 3 aromatic rings. The second kappa shape index (κ2) is 8.06. The van der Waals surface area contributed by atoms with Gasteiger partial charge < -0.3 is 15.4 Å². The fourth-order valence-corrected chi connectivity index (χ4v) is 2.21. The second-order valence-electron chi connectivity index (χ2n) is 5.19. The first-order chi connectivity index (χ1) is 12.6. The van der Waals surface area contributed by atoms with Crippen LogP contribution in [0.4, 0.5) is 19.3 Å². The average Bonchev–Trinajstić information content (AvgIpc) is 3.15. The van der Waals surface area contributed by atoms with Gasteiger partial charge in [-0.05, 0) is 35.9 Å². The highest BCUT2D eigenvalue weighted by atomic mass is 19.3. The maximum Gasteiger partial charge on any atom is 0.387 e. The molecule has 2 aromatic heterocycles. The summed E-state index contributed by atoms with van der Waals surface area (Å²) >= 11 is 0. The molecule has 0 saturated heterocycles. The fourth-order valence-electron chi connectivity index (χ4n) is 2.21. The Morgan fingerprint density at radius 3 is 2.85 bits per heavy atom. The molecule has 3 rings (SSSR count). The van der Waals surface area contributed by atoms with Crippen molar-refractivity contribution in [1.82, 2.24) is 20.1 Å². The minimum Gasteiger partial charge on any atom is -0.435 e. The Morgan fingerprint density at radius 2 is 2.08 bits per heavy atom. The predicted octanol–water partition coefficient (Wildman–Crippen LogP) is 3.19. The average molecular weight is 359 g/mol. The zero-order chi connectivity index (χ0) is 18.4. The van der Waals surface area contributed by atoms with Crippen molar-refractivity contribution in [2.24, 2.45) is 0 Å². The molecule has 0 fully saturated rings. The SMILES string of the molecule is O=C(NCc1ccnc(-n2cccn2)c1)Nc1cccc(OC(F)F)c1. The first kappa shape index (κ1) is 17.3. The lowest BCUT2D eigenvalue weighted by atomic mass is 10.2. The first-order valence-corrected chi connectivity index (χ1v) is 7.65. The van der Waals surface area contributed by atoms with E-state index in [4.69, 9.17) is 0 Å². The van der Waals surface area contributed by atoms with Crippen molar-refractivity contribution in [3.8, 4) is 11.6 Å². The molecule has 0 spiro atoms. The van der Waals surface area contributed by atoms with E-state index >= 15 is 0 Å². The van der Waals surface area contributed by atoms with Crippen LogP contribution in [-0.4, -0.2) is 27.4 Å². The Balaban J connectivity index is 1.57. The van der Waals surface area contributed by atoms with Crippen molar-refractivity contribution in [1.29, 1.82) is 0 Å². The maximum absolute atomic E-state index is 12.2. The van der Waals surface area contributed by atoms with E-state index in [1.165, 1.54) is 18.2 Å². The van der Waals surface area contributed by atoms with E-state index in [9.17, 15) is 13.6 Å². The summed E-state index contributed by atoms with van der Waals surface area (Å²) < 4.78 is 30.4. The molecule has 0 aliphatic rings. The number of amides is 2. The van der Waals surface area contributed by atoms with Gasteiger partial charge in [0.2, 0.25) is 0 Å². The van der Waals surface area contributed by atoms with E-state index in [1.807, 2.05) is 0 Å². The molecule has 134 valence electrons. The van der Waals surface area contributed by atoms with Crippen LogP contribution in [0.15, 0.2) is 61.1 Å². The van der Waals surface area contributed by atoms with Gasteiger partial charge in [-0.1, -0.05) is 6.07 Å². The number of benzene rings is 1. The van der Waals surface area contributed by atoms with E-state index < -0.39 is 12.6 Å². The summed E-state index contributed by atoms with van der Waals surface area (Å²) in [5.41, 5.74) is 1.17. The summed E-state index contributed by atoms with van der Waals surface area (Å²) in [6.45, 7) is -2.66. The molecule has 2 N–H and O–H groups in total. The molecule has 0 saturated carbocycles. The minimum atomic E-state index is -2.92. The van der Waals surface area contributed by atoms with E-state index in [0.717, 1.165) is 5.56 Å². The van der Waals surface area contributed by atoms with Gasteiger partial charge in [0.15, 0.2) is 5.82 Å². The Kier molecular flexibility index (Phi) is 5.37. The van der Waals surface area contributed by atoms with Gasteiger partial charge in [-0.3, -0.25) is 0 Å². The van der Waals surface area contributed by atoms with Crippen LogP contribution in [0.25, 0.3) is 5.82 Å². The first-order valence-electron chi connectivity index (χ1n) is 7.65. The molecular formula is C17H15F2N5O2. The summed E-state index contributed by atoms with van der Waals surface area (Å²) in [5.74, 6) is 0.599. The third kappa shape index (κ3) is 4.76. The molecule has 0 radical (unpaired) electrons. The third-order valence-electron chi connectivity index (χ3n) is 3.32. The third-order valence-corrected chi connectivity index (χ3v) is 3.32. The molecule has 1 aromatic carbocycles. The molecule has 9 heteroatoms. The molecule has 0 atom stereocenters. The van der Waals surface area contributed by atoms with Gasteiger partial charge in [0.05, 0.1) is 0 Å². The topological polar surface area (TPSA) is 81.1 Å². The van der Waals surface area contributed by atoms with Crippen LogP contribution < -0.4 is 15.4 Å². The van der Waals surface area contributed by atoms with Gasteiger partial charge in [0.25, 0.3) is 0 Å². The van der Waals surface area contributed by atoms with E-state index in [0.29, 0.717) is 11.5 Å². The molecule has 2 amide bonds. The van der Waals surface area contributed by atoms with Crippen LogP contribution in [0.2, 0.25) is 0 Å². The molecule has 0 unspecified atom stereocenters. The maximum atomic E-state index is 12.2. The van der Waals surface area contributed by atoms with Crippen LogP contribution in [0.1, 0.15) is 5.56 Å². The second-order valence-corrected chi connectivity index (χ2v) is 5.19. The predicted molar refractivity (Wildman–Crippen MR) is 90.3 cm³/mol. The van der Waals surface area contributed by atoms with Crippen molar-refractivity contribution in [2.75, 3.05) is 5.32 Å². The van der Waals surface area contributed by atoms with E-state index in [2.05, 4.69) is 25.5 Å². The number of pyridine rings is 1. The number of halogens is 2. The zero-order valence-electron chi connectivity index (χ0n) is 13.5. The van der Waals surface area contributed by atoms with Crippen molar-refractivity contribution in [3.63, 3.8) is 0 Å². The Labute approximate surface area is 147 Å². The smallest absolute Gasteiger partial charge is 0.387 e. The number of carbonyl (C=O) groups is 1. The number of hydrogen-bond donors (Lipinski definition) is 2. The summed E-state index contributed by atoms with van der Waals surface area (Å²) in [7, 11) is 0. The molecule has 26 heavy (non-hydrogen) atoms. The molecule has 7 nitrogen and oxygen atoms in total. The van der Waals surface area contributed by atoms with Gasteiger partial charge >= 0.3 is 12.6 Å². The number of rotatable bonds is 6. The normalized spacial score (nSPS) is 10.6. The highest BCUT2D eigenvalue weighted by Gasteiger charge is 2.07. The van der Waals surface area contributed by atoms with Gasteiger partial charge in [0, 0.05) is 36.9 Å².